The molecule has 0 aliphatic rings. The number of aromatic nitrogens is 1. The lowest BCUT2D eigenvalue weighted by molar-refractivity contribution is 0.0827. The zero-order valence-corrected chi connectivity index (χ0v) is 18.8. The lowest BCUT2D eigenvalue weighted by Crippen LogP contribution is -2.21. The van der Waals surface area contributed by atoms with Crippen molar-refractivity contribution < 1.29 is 17.6 Å². The van der Waals surface area contributed by atoms with E-state index in [9.17, 15) is 17.6 Å². The second-order valence-corrected chi connectivity index (χ2v) is 9.68. The molecular weight excluding hydrogens is 417 g/mol. The van der Waals surface area contributed by atoms with Crippen LogP contribution in [-0.4, -0.2) is 50.7 Å². The molecule has 0 saturated carbocycles. The van der Waals surface area contributed by atoms with Gasteiger partial charge in [0.15, 0.2) is 9.84 Å². The maximum Gasteiger partial charge on any atom is 0.253 e. The molecule has 0 fully saturated rings. The minimum Gasteiger partial charge on any atom is -0.345 e. The minimum absolute atomic E-state index is 0.00766. The number of hydrogen-bond donors (Lipinski definition) is 1. The summed E-state index contributed by atoms with van der Waals surface area (Å²) < 4.78 is 40.3. The Hall–Kier alpha value is -2.97. The van der Waals surface area contributed by atoms with Gasteiger partial charge in [-0.05, 0) is 48.9 Å². The molecule has 2 aromatic carbocycles. The van der Waals surface area contributed by atoms with Crippen LogP contribution in [0.15, 0.2) is 59.3 Å². The first-order valence-corrected chi connectivity index (χ1v) is 11.6. The molecule has 1 heterocycles. The number of amides is 1. The van der Waals surface area contributed by atoms with Crippen molar-refractivity contribution in [2.75, 3.05) is 26.9 Å². The summed E-state index contributed by atoms with van der Waals surface area (Å²) >= 11 is 0. The number of nitrogens with zero attached hydrogens (tertiary/aromatic N) is 2. The van der Waals surface area contributed by atoms with E-state index in [-0.39, 0.29) is 29.7 Å². The Morgan fingerprint density at radius 2 is 1.90 bits per heavy atom. The molecule has 8 heteroatoms. The predicted molar refractivity (Wildman–Crippen MR) is 121 cm³/mol. The van der Waals surface area contributed by atoms with Crippen LogP contribution < -0.4 is 5.73 Å². The van der Waals surface area contributed by atoms with Crippen molar-refractivity contribution in [3.05, 3.63) is 65.6 Å². The number of rotatable bonds is 6. The average molecular weight is 444 g/mol. The van der Waals surface area contributed by atoms with Crippen LogP contribution in [-0.2, 0) is 16.4 Å². The topological polar surface area (TPSA) is 85.4 Å². The van der Waals surface area contributed by atoms with Crippen LogP contribution in [0.2, 0.25) is 0 Å². The van der Waals surface area contributed by atoms with Crippen LogP contribution in [0.25, 0.3) is 22.0 Å². The van der Waals surface area contributed by atoms with Gasteiger partial charge in [0, 0.05) is 54.6 Å². The van der Waals surface area contributed by atoms with Crippen molar-refractivity contribution >= 4 is 26.6 Å². The molecule has 0 radical (unpaired) electrons. The summed E-state index contributed by atoms with van der Waals surface area (Å²) in [6, 6.07) is 11.9. The molecule has 1 amide bonds. The molecule has 0 aliphatic heterocycles. The van der Waals surface area contributed by atoms with Crippen LogP contribution in [0.1, 0.15) is 16.1 Å². The zero-order chi connectivity index (χ0) is 22.9. The predicted octanol–water partition coefficient (Wildman–Crippen LogP) is 3.53. The van der Waals surface area contributed by atoms with E-state index in [2.05, 4.69) is 0 Å². The highest BCUT2D eigenvalue weighted by Crippen LogP contribution is 2.36. The van der Waals surface area contributed by atoms with Gasteiger partial charge in [-0.3, -0.25) is 4.79 Å². The Morgan fingerprint density at radius 1 is 1.19 bits per heavy atom. The Balaban J connectivity index is 2.33. The Morgan fingerprint density at radius 3 is 2.52 bits per heavy atom. The van der Waals surface area contributed by atoms with E-state index < -0.39 is 9.84 Å². The quantitative estimate of drug-likeness (QED) is 0.632. The van der Waals surface area contributed by atoms with Gasteiger partial charge in [0.25, 0.3) is 5.91 Å². The van der Waals surface area contributed by atoms with Crippen molar-refractivity contribution in [3.63, 3.8) is 0 Å². The second-order valence-electron chi connectivity index (χ2n) is 7.66. The van der Waals surface area contributed by atoms with Gasteiger partial charge in [0.05, 0.1) is 11.4 Å². The first-order chi connectivity index (χ1) is 14.5. The summed E-state index contributed by atoms with van der Waals surface area (Å²) in [7, 11) is -0.0563. The third-order valence-corrected chi connectivity index (χ3v) is 6.29. The molecule has 3 rings (SSSR count). The van der Waals surface area contributed by atoms with E-state index >= 15 is 0 Å². The normalized spacial score (nSPS) is 12.4. The molecule has 0 bridgehead atoms. The Kier molecular flexibility index (Phi) is 6.33. The number of carbonyl (C=O) groups is 1. The zero-order valence-electron chi connectivity index (χ0n) is 18.0. The van der Waals surface area contributed by atoms with E-state index in [0.717, 1.165) is 28.4 Å². The number of sulfone groups is 1. The molecule has 164 valence electrons. The van der Waals surface area contributed by atoms with E-state index in [1.165, 1.54) is 17.0 Å². The number of hydrogen-bond acceptors (Lipinski definition) is 4. The number of benzene rings is 2. The van der Waals surface area contributed by atoms with Gasteiger partial charge in [0.1, 0.15) is 5.83 Å². The maximum atomic E-state index is 14.4. The van der Waals surface area contributed by atoms with Gasteiger partial charge in [-0.2, -0.15) is 0 Å². The summed E-state index contributed by atoms with van der Waals surface area (Å²) in [5.74, 6) is -0.523. The average Bonchev–Trinajstić information content (AvgIpc) is 2.97. The van der Waals surface area contributed by atoms with Crippen LogP contribution in [0.3, 0.4) is 0 Å². The molecule has 1 aromatic heterocycles. The Bertz CT molecular complexity index is 1290. The first kappa shape index (κ1) is 22.7. The summed E-state index contributed by atoms with van der Waals surface area (Å²) in [6.45, 7) is 1.94. The third-order valence-electron chi connectivity index (χ3n) is 5.18. The molecule has 6 nitrogen and oxygen atoms in total. The molecule has 0 atom stereocenters. The van der Waals surface area contributed by atoms with Gasteiger partial charge in [-0.1, -0.05) is 12.1 Å². The minimum atomic E-state index is -3.40. The largest absolute Gasteiger partial charge is 0.345 e. The molecule has 0 unspecified atom stereocenters. The van der Waals surface area contributed by atoms with E-state index in [0.29, 0.717) is 11.1 Å². The fourth-order valence-electron chi connectivity index (χ4n) is 3.67. The van der Waals surface area contributed by atoms with E-state index in [1.54, 1.807) is 44.4 Å². The Labute approximate surface area is 181 Å². The van der Waals surface area contributed by atoms with Gasteiger partial charge in [-0.25, -0.2) is 12.8 Å². The van der Waals surface area contributed by atoms with E-state index in [4.69, 9.17) is 5.73 Å². The maximum absolute atomic E-state index is 14.4. The highest BCUT2D eigenvalue weighted by atomic mass is 32.2. The number of allylic oxidation sites excluding steroid dienone is 1. The number of fused-ring (bicyclic) bond motifs is 1. The summed E-state index contributed by atoms with van der Waals surface area (Å²) in [5.41, 5.74) is 8.88. The summed E-state index contributed by atoms with van der Waals surface area (Å²) in [6.07, 6.45) is 2.47. The van der Waals surface area contributed by atoms with Gasteiger partial charge >= 0.3 is 0 Å². The smallest absolute Gasteiger partial charge is 0.253 e. The molecule has 3 aromatic rings. The fraction of sp³-hybridized carbons (Fsp3) is 0.261. The van der Waals surface area contributed by atoms with Crippen LogP contribution in [0.5, 0.6) is 0 Å². The van der Waals surface area contributed by atoms with Gasteiger partial charge in [-0.15, -0.1) is 0 Å². The third kappa shape index (κ3) is 4.55. The monoisotopic (exact) mass is 443 g/mol. The van der Waals surface area contributed by atoms with Gasteiger partial charge < -0.3 is 15.2 Å². The highest BCUT2D eigenvalue weighted by Gasteiger charge is 2.20. The summed E-state index contributed by atoms with van der Waals surface area (Å²) in [4.78, 5) is 14.2. The number of halogens is 1. The highest BCUT2D eigenvalue weighted by molar-refractivity contribution is 7.90. The fourth-order valence-corrected chi connectivity index (χ4v) is 4.33. The molecule has 31 heavy (non-hydrogen) atoms. The van der Waals surface area contributed by atoms with Crippen molar-refractivity contribution in [3.8, 4) is 11.1 Å². The number of nitrogens with two attached hydrogens (primary N) is 1. The van der Waals surface area contributed by atoms with Crippen molar-refractivity contribution in [2.45, 2.75) is 18.4 Å². The standard InChI is InChI=1S/C23H26FN3O3S/c1-15-22(16-6-5-7-19(12-16)31(4,29)30)20-13-17(23(28)26(2)3)8-9-21(20)27(15)14-18(24)10-11-25/h5-10,12-13H,11,14,25H2,1-4H3/b18-10-. The second kappa shape index (κ2) is 8.64. The van der Waals surface area contributed by atoms with Gasteiger partial charge in [0.2, 0.25) is 0 Å². The molecule has 0 spiro atoms. The van der Waals surface area contributed by atoms with Crippen molar-refractivity contribution in [1.29, 1.82) is 0 Å². The molecule has 2 N–H and O–H groups in total. The molecular formula is C23H26FN3O3S. The molecule has 0 aliphatic carbocycles. The first-order valence-electron chi connectivity index (χ1n) is 9.74. The van der Waals surface area contributed by atoms with Crippen LogP contribution in [0.4, 0.5) is 4.39 Å². The van der Waals surface area contributed by atoms with Crippen molar-refractivity contribution in [2.24, 2.45) is 5.73 Å². The van der Waals surface area contributed by atoms with Crippen LogP contribution >= 0.6 is 0 Å². The van der Waals surface area contributed by atoms with E-state index in [1.807, 2.05) is 17.6 Å². The molecule has 0 saturated heterocycles. The summed E-state index contributed by atoms with van der Waals surface area (Å²) in [5, 5.41) is 0.747. The van der Waals surface area contributed by atoms with Crippen LogP contribution in [0, 0.1) is 6.92 Å². The lowest BCUT2D eigenvalue weighted by Gasteiger charge is -2.11. The SMILES string of the molecule is Cc1c(-c2cccc(S(C)(=O)=O)c2)c2cc(C(=O)N(C)C)ccc2n1C/C(F)=C/CN. The van der Waals surface area contributed by atoms with Crippen molar-refractivity contribution in [1.82, 2.24) is 9.47 Å². The number of carbonyl (C=O) groups excluding carboxylic acids is 1. The lowest BCUT2D eigenvalue weighted by atomic mass is 10.0.